The fourth-order valence-corrected chi connectivity index (χ4v) is 2.06. The fourth-order valence-electron chi connectivity index (χ4n) is 2.06. The van der Waals surface area contributed by atoms with E-state index < -0.39 is 11.4 Å². The fraction of sp³-hybridized carbons (Fsp3) is 0.500. The molecule has 0 heterocycles. The minimum absolute atomic E-state index is 0.0587. The Bertz CT molecular complexity index is 425. The Hall–Kier alpha value is -1.29. The van der Waals surface area contributed by atoms with Crippen LogP contribution < -0.4 is 9.47 Å². The van der Waals surface area contributed by atoms with Crippen LogP contribution in [-0.2, 0) is 5.60 Å². The van der Waals surface area contributed by atoms with Gasteiger partial charge in [0.1, 0.15) is 0 Å². The Morgan fingerprint density at radius 1 is 1.25 bits per heavy atom. The van der Waals surface area contributed by atoms with Crippen molar-refractivity contribution in [3.8, 4) is 11.5 Å². The molecule has 0 amide bonds. The Kier molecular flexibility index (Phi) is 2.54. The molecule has 0 aliphatic heterocycles. The summed E-state index contributed by atoms with van der Waals surface area (Å²) < 4.78 is 23.7. The summed E-state index contributed by atoms with van der Waals surface area (Å²) in [6, 6.07) is 1.37. The van der Waals surface area contributed by atoms with Crippen LogP contribution in [0.3, 0.4) is 0 Å². The predicted molar refractivity (Wildman–Crippen MR) is 57.4 cm³/mol. The molecule has 1 aliphatic rings. The Morgan fingerprint density at radius 2 is 1.81 bits per heavy atom. The number of benzene rings is 1. The first-order valence-electron chi connectivity index (χ1n) is 5.17. The van der Waals surface area contributed by atoms with Crippen LogP contribution in [0.5, 0.6) is 11.5 Å². The molecule has 88 valence electrons. The first-order valence-corrected chi connectivity index (χ1v) is 5.17. The van der Waals surface area contributed by atoms with Gasteiger partial charge in [-0.25, -0.2) is 4.39 Å². The Balaban J connectivity index is 2.66. The van der Waals surface area contributed by atoms with Gasteiger partial charge in [0.25, 0.3) is 0 Å². The molecule has 4 heteroatoms. The van der Waals surface area contributed by atoms with E-state index in [4.69, 9.17) is 9.47 Å². The molecule has 16 heavy (non-hydrogen) atoms. The van der Waals surface area contributed by atoms with Crippen LogP contribution in [0.4, 0.5) is 4.39 Å². The third kappa shape index (κ3) is 1.53. The lowest BCUT2D eigenvalue weighted by Crippen LogP contribution is -2.11. The van der Waals surface area contributed by atoms with Gasteiger partial charge in [0.05, 0.1) is 19.8 Å². The minimum atomic E-state index is -0.865. The lowest BCUT2D eigenvalue weighted by atomic mass is 9.99. The number of methoxy groups -OCH3 is 2. The van der Waals surface area contributed by atoms with E-state index in [1.54, 1.807) is 6.92 Å². The zero-order valence-corrected chi connectivity index (χ0v) is 9.63. The third-order valence-corrected chi connectivity index (χ3v) is 2.98. The third-order valence-electron chi connectivity index (χ3n) is 2.98. The van der Waals surface area contributed by atoms with Gasteiger partial charge in [0.15, 0.2) is 17.3 Å². The molecule has 0 aromatic heterocycles. The van der Waals surface area contributed by atoms with Crippen molar-refractivity contribution in [3.05, 3.63) is 23.0 Å². The van der Waals surface area contributed by atoms with Crippen LogP contribution in [0.1, 0.15) is 24.0 Å². The summed E-state index contributed by atoms with van der Waals surface area (Å²) >= 11 is 0. The number of aliphatic hydroxyl groups is 1. The van der Waals surface area contributed by atoms with Gasteiger partial charge in [0, 0.05) is 5.56 Å². The summed E-state index contributed by atoms with van der Waals surface area (Å²) in [5, 5.41) is 10.1. The number of ether oxygens (including phenoxy) is 2. The quantitative estimate of drug-likeness (QED) is 0.858. The topological polar surface area (TPSA) is 38.7 Å². The molecule has 3 nitrogen and oxygen atoms in total. The summed E-state index contributed by atoms with van der Waals surface area (Å²) in [6.07, 6.45) is 1.36. The summed E-state index contributed by atoms with van der Waals surface area (Å²) in [4.78, 5) is 0. The molecule has 0 spiro atoms. The second kappa shape index (κ2) is 3.63. The first-order chi connectivity index (χ1) is 7.53. The lowest BCUT2D eigenvalue weighted by molar-refractivity contribution is 0.145. The summed E-state index contributed by atoms with van der Waals surface area (Å²) in [5.74, 6) is -0.103. The van der Waals surface area contributed by atoms with Gasteiger partial charge in [-0.1, -0.05) is 0 Å². The van der Waals surface area contributed by atoms with Gasteiger partial charge in [-0.05, 0) is 31.4 Å². The van der Waals surface area contributed by atoms with E-state index in [1.165, 1.54) is 20.3 Å². The van der Waals surface area contributed by atoms with E-state index >= 15 is 0 Å². The van der Waals surface area contributed by atoms with Crippen molar-refractivity contribution < 1.29 is 19.0 Å². The van der Waals surface area contributed by atoms with Crippen molar-refractivity contribution in [1.82, 2.24) is 0 Å². The number of halogens is 1. The second-order valence-electron chi connectivity index (χ2n) is 4.15. The molecule has 2 rings (SSSR count). The lowest BCUT2D eigenvalue weighted by Gasteiger charge is -2.19. The standard InChI is InChI=1S/C12H15FO3/c1-7-6-8(13)10(15-2)11(16-3)9(7)12(14)4-5-12/h6,14H,4-5H2,1-3H3. The van der Waals surface area contributed by atoms with E-state index in [0.29, 0.717) is 29.7 Å². The number of hydrogen-bond donors (Lipinski definition) is 1. The largest absolute Gasteiger partial charge is 0.492 e. The van der Waals surface area contributed by atoms with E-state index in [1.807, 2.05) is 0 Å². The predicted octanol–water partition coefficient (Wildman–Crippen LogP) is 2.13. The van der Waals surface area contributed by atoms with E-state index in [0.717, 1.165) is 0 Å². The molecule has 0 bridgehead atoms. The normalized spacial score (nSPS) is 17.1. The van der Waals surface area contributed by atoms with Crippen molar-refractivity contribution in [3.63, 3.8) is 0 Å². The molecule has 1 saturated carbocycles. The van der Waals surface area contributed by atoms with Gasteiger partial charge in [-0.15, -0.1) is 0 Å². The maximum atomic E-state index is 13.6. The average Bonchev–Trinajstić information content (AvgIpc) is 2.95. The van der Waals surface area contributed by atoms with Crippen molar-refractivity contribution in [2.45, 2.75) is 25.4 Å². The van der Waals surface area contributed by atoms with Crippen LogP contribution in [0.25, 0.3) is 0 Å². The van der Waals surface area contributed by atoms with Gasteiger partial charge >= 0.3 is 0 Å². The Morgan fingerprint density at radius 3 is 2.25 bits per heavy atom. The monoisotopic (exact) mass is 226 g/mol. The molecule has 0 atom stereocenters. The second-order valence-corrected chi connectivity index (χ2v) is 4.15. The highest BCUT2D eigenvalue weighted by Gasteiger charge is 2.46. The first kappa shape index (κ1) is 11.2. The molecule has 1 N–H and O–H groups in total. The van der Waals surface area contributed by atoms with Gasteiger partial charge in [0.2, 0.25) is 0 Å². The number of rotatable bonds is 3. The van der Waals surface area contributed by atoms with Crippen LogP contribution in [0.15, 0.2) is 6.07 Å². The molecule has 1 fully saturated rings. The smallest absolute Gasteiger partial charge is 0.197 e. The molecule has 0 radical (unpaired) electrons. The molecular weight excluding hydrogens is 211 g/mol. The SMILES string of the molecule is COc1c(F)cc(C)c(C2(O)CC2)c1OC. The highest BCUT2D eigenvalue weighted by atomic mass is 19.1. The summed E-state index contributed by atoms with van der Waals surface area (Å²) in [7, 11) is 2.84. The van der Waals surface area contributed by atoms with Gasteiger partial charge in [-0.3, -0.25) is 0 Å². The summed E-state index contributed by atoms with van der Waals surface area (Å²) in [5.41, 5.74) is 0.472. The van der Waals surface area contributed by atoms with Crippen molar-refractivity contribution >= 4 is 0 Å². The highest BCUT2D eigenvalue weighted by Crippen LogP contribution is 2.52. The van der Waals surface area contributed by atoms with Crippen LogP contribution in [-0.4, -0.2) is 19.3 Å². The van der Waals surface area contributed by atoms with Crippen molar-refractivity contribution in [2.24, 2.45) is 0 Å². The number of hydrogen-bond acceptors (Lipinski definition) is 3. The molecule has 1 aromatic carbocycles. The summed E-state index contributed by atoms with van der Waals surface area (Å²) in [6.45, 7) is 1.76. The molecule has 1 aromatic rings. The minimum Gasteiger partial charge on any atom is -0.492 e. The molecule has 1 aliphatic carbocycles. The molecule has 0 unspecified atom stereocenters. The van der Waals surface area contributed by atoms with E-state index in [-0.39, 0.29) is 5.75 Å². The van der Waals surface area contributed by atoms with E-state index in [9.17, 15) is 9.50 Å². The Labute approximate surface area is 93.8 Å². The van der Waals surface area contributed by atoms with Crippen molar-refractivity contribution in [2.75, 3.05) is 14.2 Å². The maximum Gasteiger partial charge on any atom is 0.197 e. The van der Waals surface area contributed by atoms with Crippen molar-refractivity contribution in [1.29, 1.82) is 0 Å². The molecule has 0 saturated heterocycles. The highest BCUT2D eigenvalue weighted by molar-refractivity contribution is 5.55. The van der Waals surface area contributed by atoms with Crippen LogP contribution >= 0.6 is 0 Å². The molecular formula is C12H15FO3. The van der Waals surface area contributed by atoms with Crippen LogP contribution in [0.2, 0.25) is 0 Å². The number of aryl methyl sites for hydroxylation is 1. The van der Waals surface area contributed by atoms with Crippen LogP contribution in [0, 0.1) is 12.7 Å². The zero-order chi connectivity index (χ0) is 11.9. The zero-order valence-electron chi connectivity index (χ0n) is 9.63. The average molecular weight is 226 g/mol. The van der Waals surface area contributed by atoms with Gasteiger partial charge in [-0.2, -0.15) is 0 Å². The van der Waals surface area contributed by atoms with E-state index in [2.05, 4.69) is 0 Å². The maximum absolute atomic E-state index is 13.6. The van der Waals surface area contributed by atoms with Gasteiger partial charge < -0.3 is 14.6 Å².